The first kappa shape index (κ1) is 22.3. The van der Waals surface area contributed by atoms with Crippen LogP contribution >= 0.6 is 45.3 Å². The molecule has 6 aromatic heterocycles. The number of rotatable bonds is 2. The molecule has 0 bridgehead atoms. The molecule has 0 fully saturated rings. The maximum atomic E-state index is 14.2. The van der Waals surface area contributed by atoms with Crippen molar-refractivity contribution in [2.75, 3.05) is 0 Å². The topological polar surface area (TPSA) is 0 Å². The summed E-state index contributed by atoms with van der Waals surface area (Å²) in [6.45, 7) is 0. The van der Waals surface area contributed by atoms with Crippen LogP contribution in [0, 0.1) is 23.3 Å². The van der Waals surface area contributed by atoms with Crippen molar-refractivity contribution in [3.63, 3.8) is 0 Å². The molecular weight excluding hydrogens is 674 g/mol. The fraction of sp³-hybridized carbons (Fsp3) is 0. The van der Waals surface area contributed by atoms with Gasteiger partial charge in [-0.3, -0.25) is 0 Å². The van der Waals surface area contributed by atoms with E-state index in [1.54, 1.807) is 22.7 Å². The number of hydrogen-bond acceptors (Lipinski definition) is 4. The van der Waals surface area contributed by atoms with Gasteiger partial charge in [0, 0.05) is 0 Å². The summed E-state index contributed by atoms with van der Waals surface area (Å²) < 4.78 is 64.6. The molecule has 8 aromatic rings. The molecule has 0 aliphatic rings. The van der Waals surface area contributed by atoms with E-state index < -0.39 is 23.3 Å². The first-order valence-corrected chi connectivity index (χ1v) is 17.4. The van der Waals surface area contributed by atoms with Crippen LogP contribution in [0.4, 0.5) is 17.6 Å². The van der Waals surface area contributed by atoms with Crippen molar-refractivity contribution in [1.29, 1.82) is 0 Å². The second-order valence-corrected chi connectivity index (χ2v) is 16.7. The zero-order chi connectivity index (χ0) is 24.3. The molecule has 8 rings (SSSR count). The van der Waals surface area contributed by atoms with E-state index in [1.807, 2.05) is 12.1 Å². The zero-order valence-corrected chi connectivity index (χ0v) is 24.3. The van der Waals surface area contributed by atoms with Crippen molar-refractivity contribution in [2.45, 2.75) is 0 Å². The van der Waals surface area contributed by atoms with Crippen molar-refractivity contribution < 1.29 is 17.6 Å². The Labute approximate surface area is 228 Å². The van der Waals surface area contributed by atoms with Crippen molar-refractivity contribution in [2.24, 2.45) is 0 Å². The average Bonchev–Trinajstić information content (AvgIpc) is 3.68. The molecule has 0 aliphatic heterocycles. The Morgan fingerprint density at radius 2 is 1.00 bits per heavy atom. The Kier molecular flexibility index (Phi) is 4.87. The van der Waals surface area contributed by atoms with Crippen molar-refractivity contribution >= 4 is 123 Å². The molecule has 0 atom stereocenters. The first-order chi connectivity index (χ1) is 17.4. The first-order valence-electron chi connectivity index (χ1n) is 10.6. The number of thiophene rings is 4. The van der Waals surface area contributed by atoms with Crippen molar-refractivity contribution in [1.82, 2.24) is 0 Å². The van der Waals surface area contributed by atoms with Crippen LogP contribution in [0.5, 0.6) is 0 Å². The monoisotopic (exact) mass is 684 g/mol. The molecule has 0 N–H and O–H groups in total. The second kappa shape index (κ2) is 7.88. The Balaban J connectivity index is 1.30. The molecule has 0 amide bonds. The summed E-state index contributed by atoms with van der Waals surface area (Å²) >= 11 is 5.61. The molecule has 6 heterocycles. The summed E-state index contributed by atoms with van der Waals surface area (Å²) in [5.41, 5.74) is 0. The van der Waals surface area contributed by atoms with E-state index >= 15 is 0 Å². The minimum absolute atomic E-state index is 0.0754. The van der Waals surface area contributed by atoms with Crippen LogP contribution in [0.15, 0.2) is 47.2 Å². The number of fused-ring (bicyclic) bond motifs is 7. The Morgan fingerprint density at radius 1 is 0.556 bits per heavy atom. The van der Waals surface area contributed by atoms with E-state index in [0.717, 1.165) is 42.3 Å². The standard InChI is InChI=1S/C26H8F4S4Se2/c27-13-7-31-25(21(13)29)19-3-9-1-15-11(5-17(9)35-19)23-24(33-15)12-6-18-10(2-16(12)34-23)4-20(36-18)26-22(30)14(28)8-32-26/h1-8H. The van der Waals surface area contributed by atoms with Gasteiger partial charge in [0.15, 0.2) is 0 Å². The van der Waals surface area contributed by atoms with Gasteiger partial charge in [-0.1, -0.05) is 0 Å². The summed E-state index contributed by atoms with van der Waals surface area (Å²) in [5, 5.41) is 7.07. The Hall–Kier alpha value is -1.74. The number of benzene rings is 2. The third kappa shape index (κ3) is 3.14. The molecule has 176 valence electrons. The van der Waals surface area contributed by atoms with Crippen molar-refractivity contribution in [3.8, 4) is 18.6 Å². The molecule has 36 heavy (non-hydrogen) atoms. The summed E-state index contributed by atoms with van der Waals surface area (Å²) in [7, 11) is 0. The molecule has 0 unspecified atom stereocenters. The molecule has 0 saturated carbocycles. The van der Waals surface area contributed by atoms with Gasteiger partial charge in [0.25, 0.3) is 0 Å². The Morgan fingerprint density at radius 3 is 1.39 bits per heavy atom. The number of halogens is 4. The van der Waals surface area contributed by atoms with Gasteiger partial charge in [0.1, 0.15) is 0 Å². The van der Waals surface area contributed by atoms with Crippen LogP contribution in [0.1, 0.15) is 0 Å². The van der Waals surface area contributed by atoms with Crippen LogP contribution in [0.25, 0.3) is 67.5 Å². The van der Waals surface area contributed by atoms with Gasteiger partial charge >= 0.3 is 230 Å². The fourth-order valence-electron chi connectivity index (χ4n) is 4.52. The molecule has 2 aromatic carbocycles. The van der Waals surface area contributed by atoms with Crippen LogP contribution < -0.4 is 0 Å². The third-order valence-electron chi connectivity index (χ3n) is 6.18. The van der Waals surface area contributed by atoms with E-state index in [0.29, 0.717) is 9.75 Å². The van der Waals surface area contributed by atoms with Gasteiger partial charge in [0.2, 0.25) is 0 Å². The van der Waals surface area contributed by atoms with E-state index in [2.05, 4.69) is 24.3 Å². The summed E-state index contributed by atoms with van der Waals surface area (Å²) in [5.74, 6) is -3.04. The average molecular weight is 683 g/mol. The van der Waals surface area contributed by atoms with Gasteiger partial charge in [-0.2, -0.15) is 0 Å². The van der Waals surface area contributed by atoms with Crippen molar-refractivity contribution in [3.05, 3.63) is 70.4 Å². The molecule has 0 aliphatic carbocycles. The quantitative estimate of drug-likeness (QED) is 0.126. The van der Waals surface area contributed by atoms with Crippen LogP contribution in [0.2, 0.25) is 0 Å². The van der Waals surface area contributed by atoms with Crippen LogP contribution in [-0.4, -0.2) is 29.0 Å². The summed E-state index contributed by atoms with van der Waals surface area (Å²) in [4.78, 5) is 0.820. The molecule has 10 heteroatoms. The summed E-state index contributed by atoms with van der Waals surface area (Å²) in [6, 6.07) is 12.8. The van der Waals surface area contributed by atoms with Crippen LogP contribution in [0.3, 0.4) is 0 Å². The van der Waals surface area contributed by atoms with E-state index in [9.17, 15) is 17.6 Å². The SMILES string of the molecule is Fc1csc(-c2cc3cc4sc5c6cc7[se]c(-c8scc(F)c8F)cc7cc6sc5c4cc3[se]2)c1F. The van der Waals surface area contributed by atoms with Gasteiger partial charge in [0.05, 0.1) is 0 Å². The summed E-state index contributed by atoms with van der Waals surface area (Å²) in [6.07, 6.45) is 0. The van der Waals surface area contributed by atoms with E-state index in [-0.39, 0.29) is 29.0 Å². The van der Waals surface area contributed by atoms with E-state index in [4.69, 9.17) is 0 Å². The van der Waals surface area contributed by atoms with E-state index in [1.165, 1.54) is 48.9 Å². The third-order valence-corrected chi connectivity index (χ3v) is 15.9. The maximum absolute atomic E-state index is 14.2. The number of hydrogen-bond donors (Lipinski definition) is 0. The van der Waals surface area contributed by atoms with Gasteiger partial charge < -0.3 is 0 Å². The molecule has 0 nitrogen and oxygen atoms in total. The molecule has 0 radical (unpaired) electrons. The second-order valence-electron chi connectivity index (χ2n) is 8.31. The molecule has 0 spiro atoms. The normalized spacial score (nSPS) is 12.4. The predicted molar refractivity (Wildman–Crippen MR) is 150 cm³/mol. The minimum atomic E-state index is -0.779. The zero-order valence-electron chi connectivity index (χ0n) is 17.6. The predicted octanol–water partition coefficient (Wildman–Crippen LogP) is 9.70. The van der Waals surface area contributed by atoms with Gasteiger partial charge in [-0.25, -0.2) is 0 Å². The molecular formula is C26H8F4S4Se2. The fourth-order valence-corrected chi connectivity index (χ4v) is 13.9. The van der Waals surface area contributed by atoms with Crippen LogP contribution in [-0.2, 0) is 0 Å². The Bertz CT molecular complexity index is 2010. The van der Waals surface area contributed by atoms with Gasteiger partial charge in [-0.15, -0.1) is 0 Å². The molecule has 0 saturated heterocycles. The van der Waals surface area contributed by atoms with Gasteiger partial charge in [-0.05, 0) is 0 Å².